The summed E-state index contributed by atoms with van der Waals surface area (Å²) in [6, 6.07) is 9.20. The molecule has 0 fully saturated rings. The van der Waals surface area contributed by atoms with Gasteiger partial charge in [0.15, 0.2) is 0 Å². The van der Waals surface area contributed by atoms with Gasteiger partial charge in [-0.05, 0) is 35.4 Å². The zero-order valence-electron chi connectivity index (χ0n) is 10.9. The summed E-state index contributed by atoms with van der Waals surface area (Å²) in [5, 5.41) is 7.25. The Bertz CT molecular complexity index is 470. The van der Waals surface area contributed by atoms with Crippen LogP contribution in [0.1, 0.15) is 38.3 Å². The summed E-state index contributed by atoms with van der Waals surface area (Å²) in [4.78, 5) is 0. The van der Waals surface area contributed by atoms with Crippen LogP contribution in [-0.2, 0) is 0 Å². The van der Waals surface area contributed by atoms with Gasteiger partial charge in [0.25, 0.3) is 0 Å². The van der Waals surface area contributed by atoms with Crippen molar-refractivity contribution < 1.29 is 0 Å². The Morgan fingerprint density at radius 3 is 2.53 bits per heavy atom. The molecule has 17 heavy (non-hydrogen) atoms. The number of nitrogens with one attached hydrogen (secondary N) is 1. The van der Waals surface area contributed by atoms with Crippen LogP contribution in [-0.4, -0.2) is 7.05 Å². The van der Waals surface area contributed by atoms with Crippen LogP contribution >= 0.6 is 11.3 Å². The van der Waals surface area contributed by atoms with E-state index in [2.05, 4.69) is 55.9 Å². The van der Waals surface area contributed by atoms with Gasteiger partial charge in [0.05, 0.1) is 0 Å². The molecule has 1 atom stereocenters. The molecule has 0 spiro atoms. The molecule has 0 aliphatic heterocycles. The summed E-state index contributed by atoms with van der Waals surface area (Å²) in [5.41, 5.74) is 1.47. The summed E-state index contributed by atoms with van der Waals surface area (Å²) < 4.78 is 1.40. The highest BCUT2D eigenvalue weighted by Gasteiger charge is 2.21. The van der Waals surface area contributed by atoms with E-state index in [0.29, 0.717) is 6.04 Å². The fourth-order valence-electron chi connectivity index (χ4n) is 2.64. The van der Waals surface area contributed by atoms with Crippen molar-refractivity contribution in [1.29, 1.82) is 0 Å². The standard InChI is InChI=1S/C15H21NS/c1-4-11(5-2)15(16-3)13-10-17-14-9-7-6-8-12(13)14/h6-11,15-16H,4-5H2,1-3H3. The van der Waals surface area contributed by atoms with Crippen LogP contribution in [0, 0.1) is 5.92 Å². The predicted molar refractivity (Wildman–Crippen MR) is 77.7 cm³/mol. The third-order valence-electron chi connectivity index (χ3n) is 3.68. The van der Waals surface area contributed by atoms with Crippen LogP contribution in [0.4, 0.5) is 0 Å². The molecule has 2 heteroatoms. The highest BCUT2D eigenvalue weighted by molar-refractivity contribution is 7.17. The molecule has 2 aromatic rings. The minimum Gasteiger partial charge on any atom is -0.313 e. The van der Waals surface area contributed by atoms with Gasteiger partial charge in [-0.25, -0.2) is 0 Å². The van der Waals surface area contributed by atoms with Crippen LogP contribution in [0.25, 0.3) is 10.1 Å². The van der Waals surface area contributed by atoms with Crippen molar-refractivity contribution >= 4 is 21.4 Å². The molecule has 0 aliphatic rings. The van der Waals surface area contributed by atoms with Crippen LogP contribution in [0.5, 0.6) is 0 Å². The van der Waals surface area contributed by atoms with E-state index in [1.807, 2.05) is 11.3 Å². The summed E-state index contributed by atoms with van der Waals surface area (Å²) in [6.07, 6.45) is 2.46. The van der Waals surface area contributed by atoms with Crippen LogP contribution in [0.15, 0.2) is 29.6 Å². The van der Waals surface area contributed by atoms with E-state index in [4.69, 9.17) is 0 Å². The first-order chi connectivity index (χ1) is 8.31. The van der Waals surface area contributed by atoms with Crippen LogP contribution < -0.4 is 5.32 Å². The largest absolute Gasteiger partial charge is 0.313 e. The third kappa shape index (κ3) is 2.38. The summed E-state index contributed by atoms with van der Waals surface area (Å²) in [6.45, 7) is 4.57. The molecule has 0 bridgehead atoms. The maximum Gasteiger partial charge on any atom is 0.0360 e. The number of thiophene rings is 1. The highest BCUT2D eigenvalue weighted by Crippen LogP contribution is 2.35. The average Bonchev–Trinajstić information content (AvgIpc) is 2.79. The van der Waals surface area contributed by atoms with Gasteiger partial charge >= 0.3 is 0 Å². The van der Waals surface area contributed by atoms with Crippen molar-refractivity contribution in [3.05, 3.63) is 35.2 Å². The van der Waals surface area contributed by atoms with Gasteiger partial charge in [-0.1, -0.05) is 44.9 Å². The van der Waals surface area contributed by atoms with Crippen molar-refractivity contribution in [3.8, 4) is 0 Å². The summed E-state index contributed by atoms with van der Waals surface area (Å²) in [7, 11) is 2.08. The number of hydrogen-bond acceptors (Lipinski definition) is 2. The van der Waals surface area contributed by atoms with Gasteiger partial charge in [-0.3, -0.25) is 0 Å². The van der Waals surface area contributed by atoms with Crippen molar-refractivity contribution in [2.75, 3.05) is 7.05 Å². The van der Waals surface area contributed by atoms with E-state index in [0.717, 1.165) is 5.92 Å². The second-order valence-electron chi connectivity index (χ2n) is 4.53. The smallest absolute Gasteiger partial charge is 0.0360 e. The maximum atomic E-state index is 3.51. The lowest BCUT2D eigenvalue weighted by atomic mass is 9.89. The average molecular weight is 247 g/mol. The van der Waals surface area contributed by atoms with Crippen molar-refractivity contribution in [1.82, 2.24) is 5.32 Å². The van der Waals surface area contributed by atoms with Gasteiger partial charge in [-0.2, -0.15) is 0 Å². The minimum absolute atomic E-state index is 0.487. The zero-order chi connectivity index (χ0) is 12.3. The van der Waals surface area contributed by atoms with Gasteiger partial charge in [0.2, 0.25) is 0 Å². The fourth-order valence-corrected chi connectivity index (χ4v) is 3.64. The first kappa shape index (κ1) is 12.6. The molecule has 0 aliphatic carbocycles. The summed E-state index contributed by atoms with van der Waals surface area (Å²) in [5.74, 6) is 0.720. The fraction of sp³-hybridized carbons (Fsp3) is 0.467. The number of hydrogen-bond donors (Lipinski definition) is 1. The topological polar surface area (TPSA) is 12.0 Å². The predicted octanol–water partition coefficient (Wildman–Crippen LogP) is 4.60. The SMILES string of the molecule is CCC(CC)C(NC)c1csc2ccccc12. The lowest BCUT2D eigenvalue weighted by Gasteiger charge is -2.24. The normalized spacial score (nSPS) is 13.4. The molecule has 0 amide bonds. The number of fused-ring (bicyclic) bond motifs is 1. The first-order valence-electron chi connectivity index (χ1n) is 6.45. The molecule has 2 rings (SSSR count). The number of benzene rings is 1. The lowest BCUT2D eigenvalue weighted by Crippen LogP contribution is -2.24. The van der Waals surface area contributed by atoms with Gasteiger partial charge < -0.3 is 5.32 Å². The Balaban J connectivity index is 2.42. The minimum atomic E-state index is 0.487. The second-order valence-corrected chi connectivity index (χ2v) is 5.44. The molecular weight excluding hydrogens is 226 g/mol. The highest BCUT2D eigenvalue weighted by atomic mass is 32.1. The Morgan fingerprint density at radius 2 is 1.88 bits per heavy atom. The first-order valence-corrected chi connectivity index (χ1v) is 7.33. The molecule has 1 aromatic carbocycles. The molecule has 1 N–H and O–H groups in total. The van der Waals surface area contributed by atoms with Gasteiger partial charge in [0.1, 0.15) is 0 Å². The van der Waals surface area contributed by atoms with Crippen LogP contribution in [0.3, 0.4) is 0 Å². The van der Waals surface area contributed by atoms with E-state index < -0.39 is 0 Å². The summed E-state index contributed by atoms with van der Waals surface area (Å²) >= 11 is 1.86. The van der Waals surface area contributed by atoms with E-state index in [1.54, 1.807) is 0 Å². The Morgan fingerprint density at radius 1 is 1.18 bits per heavy atom. The molecule has 1 aromatic heterocycles. The zero-order valence-corrected chi connectivity index (χ0v) is 11.7. The molecule has 1 unspecified atom stereocenters. The van der Waals surface area contributed by atoms with Crippen molar-refractivity contribution in [2.24, 2.45) is 5.92 Å². The molecule has 1 heterocycles. The second kappa shape index (κ2) is 5.65. The van der Waals surface area contributed by atoms with E-state index in [1.165, 1.54) is 28.5 Å². The van der Waals surface area contributed by atoms with Crippen molar-refractivity contribution in [2.45, 2.75) is 32.7 Å². The van der Waals surface area contributed by atoms with Gasteiger partial charge in [0, 0.05) is 10.7 Å². The quantitative estimate of drug-likeness (QED) is 0.814. The molecule has 1 nitrogen and oxygen atoms in total. The van der Waals surface area contributed by atoms with E-state index in [-0.39, 0.29) is 0 Å². The molecule has 92 valence electrons. The maximum absolute atomic E-state index is 3.51. The molecule has 0 saturated heterocycles. The van der Waals surface area contributed by atoms with E-state index in [9.17, 15) is 0 Å². The van der Waals surface area contributed by atoms with Crippen molar-refractivity contribution in [3.63, 3.8) is 0 Å². The molecule has 0 radical (unpaired) electrons. The van der Waals surface area contributed by atoms with Crippen LogP contribution in [0.2, 0.25) is 0 Å². The third-order valence-corrected chi connectivity index (χ3v) is 4.66. The molecular formula is C15H21NS. The Labute approximate surface area is 108 Å². The van der Waals surface area contributed by atoms with E-state index >= 15 is 0 Å². The lowest BCUT2D eigenvalue weighted by molar-refractivity contribution is 0.362. The van der Waals surface area contributed by atoms with Gasteiger partial charge in [-0.15, -0.1) is 11.3 Å². The Kier molecular flexibility index (Phi) is 4.19. The monoisotopic (exact) mass is 247 g/mol. The number of rotatable bonds is 5. The molecule has 0 saturated carbocycles. The Hall–Kier alpha value is -0.860.